The van der Waals surface area contributed by atoms with Crippen LogP contribution in [0.15, 0.2) is 24.5 Å². The first kappa shape index (κ1) is 5.70. The topological polar surface area (TPSA) is 16.1 Å². The lowest BCUT2D eigenvalue weighted by molar-refractivity contribution is 0.317. The molecule has 1 aliphatic heterocycles. The van der Waals surface area contributed by atoms with Gasteiger partial charge in [0.05, 0.1) is 2.74 Å². The molecule has 0 saturated carbocycles. The lowest BCUT2D eigenvalue weighted by Gasteiger charge is -2.18. The Morgan fingerprint density at radius 2 is 2.67 bits per heavy atom. The summed E-state index contributed by atoms with van der Waals surface area (Å²) in [6.07, 6.45) is 4.13. The summed E-state index contributed by atoms with van der Waals surface area (Å²) in [5.74, 6) is 0. The zero-order valence-electron chi connectivity index (χ0n) is 9.25. The third-order valence-corrected chi connectivity index (χ3v) is 2.49. The minimum absolute atomic E-state index is 0.0643. The summed E-state index contributed by atoms with van der Waals surface area (Å²) in [5, 5.41) is 0. The monoisotopic (exact) mass is 164 g/mol. The van der Waals surface area contributed by atoms with Gasteiger partial charge in [-0.05, 0) is 38.0 Å². The largest absolute Gasteiger partial charge is 0.299 e. The van der Waals surface area contributed by atoms with Gasteiger partial charge in [-0.3, -0.25) is 9.88 Å². The van der Waals surface area contributed by atoms with Crippen LogP contribution in [0, 0.1) is 0 Å². The molecule has 2 nitrogen and oxygen atoms in total. The molecule has 0 aliphatic carbocycles. The summed E-state index contributed by atoms with van der Waals surface area (Å²) in [5.41, 5.74) is 1.08. The number of pyridine rings is 1. The molecule has 12 heavy (non-hydrogen) atoms. The van der Waals surface area contributed by atoms with E-state index < -0.39 is 0 Å². The van der Waals surface area contributed by atoms with E-state index in [1.165, 1.54) is 6.42 Å². The van der Waals surface area contributed by atoms with Crippen LogP contribution in [0.25, 0.3) is 0 Å². The number of nitrogens with zero attached hydrogens (tertiary/aromatic N) is 2. The molecule has 1 fully saturated rings. The number of likely N-dealkylation sites (tertiary alicyclic amines) is 1. The molecule has 1 saturated heterocycles. The van der Waals surface area contributed by atoms with Crippen LogP contribution in [0.5, 0.6) is 0 Å². The van der Waals surface area contributed by atoms with Crippen molar-refractivity contribution in [3.8, 4) is 0 Å². The molecular weight excluding hydrogens is 148 g/mol. The van der Waals surface area contributed by atoms with Gasteiger partial charge in [-0.25, -0.2) is 0 Å². The van der Waals surface area contributed by atoms with Crippen LogP contribution < -0.4 is 0 Å². The number of rotatable bonds is 1. The summed E-state index contributed by atoms with van der Waals surface area (Å²) < 4.78 is 14.8. The van der Waals surface area contributed by atoms with Crippen LogP contribution in [-0.2, 0) is 0 Å². The quantitative estimate of drug-likeness (QED) is 0.629. The molecule has 0 spiro atoms. The van der Waals surface area contributed by atoms with E-state index in [4.69, 9.17) is 2.74 Å². The van der Waals surface area contributed by atoms with Crippen LogP contribution >= 0.6 is 0 Å². The van der Waals surface area contributed by atoms with Gasteiger partial charge < -0.3 is 0 Å². The van der Waals surface area contributed by atoms with E-state index >= 15 is 0 Å². The van der Waals surface area contributed by atoms with Gasteiger partial charge in [0.25, 0.3) is 0 Å². The van der Waals surface area contributed by atoms with Crippen molar-refractivity contribution in [2.24, 2.45) is 0 Å². The minimum atomic E-state index is 0.0643. The Morgan fingerprint density at radius 3 is 3.33 bits per heavy atom. The second-order valence-corrected chi connectivity index (χ2v) is 3.30. The van der Waals surface area contributed by atoms with Gasteiger partial charge in [0.15, 0.2) is 0 Å². The van der Waals surface area contributed by atoms with Crippen molar-refractivity contribution < 1.29 is 2.74 Å². The average Bonchev–Trinajstić information content (AvgIpc) is 2.57. The van der Waals surface area contributed by atoms with Gasteiger partial charge in [0, 0.05) is 18.4 Å². The van der Waals surface area contributed by atoms with Crippen molar-refractivity contribution in [1.29, 1.82) is 0 Å². The Bertz CT molecular complexity index is 341. The highest BCUT2D eigenvalue weighted by molar-refractivity contribution is 5.14. The van der Waals surface area contributed by atoms with Gasteiger partial charge in [0.2, 0.25) is 0 Å². The molecule has 0 aromatic carbocycles. The SMILES string of the molecule is [2H]c1cc(C2CCCN2C)cnc1[2H]. The van der Waals surface area contributed by atoms with Crippen LogP contribution in [0.4, 0.5) is 0 Å². The van der Waals surface area contributed by atoms with Crippen molar-refractivity contribution in [1.82, 2.24) is 9.88 Å². The Kier molecular flexibility index (Phi) is 1.54. The van der Waals surface area contributed by atoms with Crippen molar-refractivity contribution >= 4 is 0 Å². The maximum absolute atomic E-state index is 7.52. The fourth-order valence-electron chi connectivity index (χ4n) is 1.81. The Morgan fingerprint density at radius 1 is 1.75 bits per heavy atom. The van der Waals surface area contributed by atoms with Gasteiger partial charge >= 0.3 is 0 Å². The lowest BCUT2D eigenvalue weighted by Crippen LogP contribution is -2.17. The van der Waals surface area contributed by atoms with Crippen molar-refractivity contribution in [3.05, 3.63) is 30.0 Å². The first-order valence-electron chi connectivity index (χ1n) is 5.32. The van der Waals surface area contributed by atoms with Crippen LogP contribution in [0.3, 0.4) is 0 Å². The molecule has 1 aliphatic rings. The lowest BCUT2D eigenvalue weighted by atomic mass is 10.1. The van der Waals surface area contributed by atoms with Gasteiger partial charge in [0.1, 0.15) is 0 Å². The summed E-state index contributed by atoms with van der Waals surface area (Å²) in [6, 6.07) is 2.39. The molecule has 1 unspecified atom stereocenters. The highest BCUT2D eigenvalue weighted by Gasteiger charge is 2.21. The first-order chi connectivity index (χ1) is 6.68. The van der Waals surface area contributed by atoms with Crippen LogP contribution in [0.1, 0.15) is 27.2 Å². The second-order valence-electron chi connectivity index (χ2n) is 3.30. The Hall–Kier alpha value is -0.890. The standard InChI is InChI=1S/C10H14N2/c1-12-7-3-5-10(12)9-4-2-6-11-8-9/h2,4,6,8,10H,3,5,7H2,1H3/i2D,6D. The molecule has 0 N–H and O–H groups in total. The van der Waals surface area contributed by atoms with Gasteiger partial charge in [-0.15, -0.1) is 0 Å². The molecule has 0 amide bonds. The number of hydrogen-bond acceptors (Lipinski definition) is 2. The molecule has 64 valence electrons. The molecule has 1 atom stereocenters. The molecule has 2 rings (SSSR count). The molecule has 1 aromatic rings. The Balaban J connectivity index is 2.28. The molecule has 0 radical (unpaired) electrons. The van der Waals surface area contributed by atoms with Gasteiger partial charge in [-0.2, -0.15) is 0 Å². The molecule has 2 heteroatoms. The Labute approximate surface area is 76.0 Å². The van der Waals surface area contributed by atoms with Crippen molar-refractivity contribution in [2.75, 3.05) is 13.6 Å². The second kappa shape index (κ2) is 3.23. The van der Waals surface area contributed by atoms with E-state index in [1.807, 2.05) is 0 Å². The summed E-state index contributed by atoms with van der Waals surface area (Å²) in [6.45, 7) is 1.11. The van der Waals surface area contributed by atoms with Gasteiger partial charge in [-0.1, -0.05) is 6.07 Å². The maximum atomic E-state index is 7.52. The number of aromatic nitrogens is 1. The predicted molar refractivity (Wildman–Crippen MR) is 48.8 cm³/mol. The fourth-order valence-corrected chi connectivity index (χ4v) is 1.81. The van der Waals surface area contributed by atoms with E-state index in [2.05, 4.69) is 16.9 Å². The summed E-state index contributed by atoms with van der Waals surface area (Å²) >= 11 is 0. The fraction of sp³-hybridized carbons (Fsp3) is 0.500. The van der Waals surface area contributed by atoms with E-state index in [-0.39, 0.29) is 12.2 Å². The van der Waals surface area contributed by atoms with Crippen LogP contribution in [-0.4, -0.2) is 23.5 Å². The molecular formula is C10H14N2. The third kappa shape index (κ3) is 1.34. The molecule has 0 bridgehead atoms. The zero-order valence-corrected chi connectivity index (χ0v) is 7.25. The van der Waals surface area contributed by atoms with E-state index in [9.17, 15) is 0 Å². The predicted octanol–water partition coefficient (Wildman–Crippen LogP) is 1.85. The van der Waals surface area contributed by atoms with E-state index in [0.717, 1.165) is 18.5 Å². The zero-order chi connectivity index (χ0) is 10.1. The third-order valence-electron chi connectivity index (χ3n) is 2.49. The highest BCUT2D eigenvalue weighted by atomic mass is 15.1. The maximum Gasteiger partial charge on any atom is 0.0840 e. The van der Waals surface area contributed by atoms with Crippen LogP contribution in [0.2, 0.25) is 0 Å². The molecule has 1 aromatic heterocycles. The smallest absolute Gasteiger partial charge is 0.0840 e. The summed E-state index contributed by atoms with van der Waals surface area (Å²) in [4.78, 5) is 6.19. The molecule has 2 heterocycles. The highest BCUT2D eigenvalue weighted by Crippen LogP contribution is 2.29. The van der Waals surface area contributed by atoms with E-state index in [1.54, 1.807) is 12.3 Å². The summed E-state index contributed by atoms with van der Waals surface area (Å²) in [7, 11) is 2.09. The average molecular weight is 164 g/mol. The minimum Gasteiger partial charge on any atom is -0.299 e. The normalized spacial score (nSPS) is 26.9. The van der Waals surface area contributed by atoms with Crippen molar-refractivity contribution in [2.45, 2.75) is 18.9 Å². The first-order valence-corrected chi connectivity index (χ1v) is 4.32. The van der Waals surface area contributed by atoms with Crippen molar-refractivity contribution in [3.63, 3.8) is 0 Å². The van der Waals surface area contributed by atoms with E-state index in [0.29, 0.717) is 6.04 Å². The number of hydrogen-bond donors (Lipinski definition) is 0.